The normalized spacial score (nSPS) is 21.0. The molecule has 2 aromatic rings. The summed E-state index contributed by atoms with van der Waals surface area (Å²) in [5.41, 5.74) is 5.99. The van der Waals surface area contributed by atoms with Gasteiger partial charge in [-0.15, -0.1) is 0 Å². The van der Waals surface area contributed by atoms with Gasteiger partial charge >= 0.3 is 0 Å². The quantitative estimate of drug-likeness (QED) is 0.842. The van der Waals surface area contributed by atoms with Gasteiger partial charge in [0.2, 0.25) is 15.9 Å². The van der Waals surface area contributed by atoms with Crippen molar-refractivity contribution in [3.63, 3.8) is 0 Å². The molecule has 0 spiro atoms. The van der Waals surface area contributed by atoms with Crippen LogP contribution in [0.25, 0.3) is 0 Å². The van der Waals surface area contributed by atoms with Crippen LogP contribution in [0.2, 0.25) is 5.02 Å². The molecule has 1 amide bonds. The summed E-state index contributed by atoms with van der Waals surface area (Å²) in [7, 11) is -3.88. The maximum atomic E-state index is 13.3. The van der Waals surface area contributed by atoms with Crippen LogP contribution >= 0.6 is 11.6 Å². The van der Waals surface area contributed by atoms with Gasteiger partial charge in [0.1, 0.15) is 5.82 Å². The Balaban J connectivity index is 2.04. The number of nitrogens with zero attached hydrogens (tertiary/aromatic N) is 1. The van der Waals surface area contributed by atoms with E-state index in [1.165, 1.54) is 40.7 Å². The van der Waals surface area contributed by atoms with Crippen LogP contribution in [0, 0.1) is 5.82 Å². The standard InChI is InChI=1S/C18H18ClFN2O3S/c19-13-3-8-16(9-4-13)26(24,25)22-15(11-18(21)23)7-10-17(22)12-1-5-14(20)6-2-12/h1-6,8-9,15,17H,7,10-11H2,(H2,21,23). The predicted octanol–water partition coefficient (Wildman–Crippen LogP) is 3.25. The fourth-order valence-corrected chi connectivity index (χ4v) is 5.36. The zero-order chi connectivity index (χ0) is 18.9. The number of benzene rings is 2. The van der Waals surface area contributed by atoms with Crippen molar-refractivity contribution in [1.29, 1.82) is 0 Å². The molecule has 0 bridgehead atoms. The highest BCUT2D eigenvalue weighted by atomic mass is 35.5. The van der Waals surface area contributed by atoms with Crippen molar-refractivity contribution in [2.24, 2.45) is 5.73 Å². The summed E-state index contributed by atoms with van der Waals surface area (Å²) in [6, 6.07) is 10.6. The number of rotatable bonds is 5. The summed E-state index contributed by atoms with van der Waals surface area (Å²) in [5.74, 6) is -0.960. The molecule has 138 valence electrons. The van der Waals surface area contributed by atoms with Gasteiger partial charge < -0.3 is 5.73 Å². The average molecular weight is 397 g/mol. The molecule has 26 heavy (non-hydrogen) atoms. The van der Waals surface area contributed by atoms with Crippen molar-refractivity contribution < 1.29 is 17.6 Å². The van der Waals surface area contributed by atoms with Gasteiger partial charge in [0.15, 0.2) is 0 Å². The lowest BCUT2D eigenvalue weighted by Crippen LogP contribution is -2.39. The van der Waals surface area contributed by atoms with E-state index in [1.54, 1.807) is 12.1 Å². The maximum absolute atomic E-state index is 13.3. The number of sulfonamides is 1. The van der Waals surface area contributed by atoms with Gasteiger partial charge in [-0.2, -0.15) is 4.31 Å². The molecular weight excluding hydrogens is 379 g/mol. The van der Waals surface area contributed by atoms with Crippen molar-refractivity contribution in [1.82, 2.24) is 4.31 Å². The SMILES string of the molecule is NC(=O)CC1CCC(c2ccc(F)cc2)N1S(=O)(=O)c1ccc(Cl)cc1. The van der Waals surface area contributed by atoms with Crippen LogP contribution < -0.4 is 5.73 Å². The molecule has 2 atom stereocenters. The fourth-order valence-electron chi connectivity index (χ4n) is 3.37. The highest BCUT2D eigenvalue weighted by Crippen LogP contribution is 2.41. The first-order valence-corrected chi connectivity index (χ1v) is 9.93. The Morgan fingerprint density at radius 3 is 2.31 bits per heavy atom. The van der Waals surface area contributed by atoms with E-state index in [0.29, 0.717) is 23.4 Å². The molecule has 2 aromatic carbocycles. The van der Waals surface area contributed by atoms with Gasteiger partial charge in [0.25, 0.3) is 0 Å². The summed E-state index contributed by atoms with van der Waals surface area (Å²) >= 11 is 5.85. The molecule has 1 saturated heterocycles. The molecule has 0 radical (unpaired) electrons. The van der Waals surface area contributed by atoms with E-state index < -0.39 is 33.8 Å². The third-order valence-electron chi connectivity index (χ3n) is 4.52. The molecule has 5 nitrogen and oxygen atoms in total. The molecule has 2 unspecified atom stereocenters. The second-order valence-corrected chi connectivity index (χ2v) is 8.54. The van der Waals surface area contributed by atoms with E-state index in [9.17, 15) is 17.6 Å². The van der Waals surface area contributed by atoms with Gasteiger partial charge in [-0.05, 0) is 54.8 Å². The minimum Gasteiger partial charge on any atom is -0.370 e. The lowest BCUT2D eigenvalue weighted by atomic mass is 10.1. The predicted molar refractivity (Wildman–Crippen MR) is 96.5 cm³/mol. The Morgan fingerprint density at radius 1 is 1.12 bits per heavy atom. The van der Waals surface area contributed by atoms with Crippen molar-refractivity contribution in [3.05, 3.63) is 64.9 Å². The van der Waals surface area contributed by atoms with Crippen LogP contribution in [0.4, 0.5) is 4.39 Å². The van der Waals surface area contributed by atoms with Gasteiger partial charge in [0, 0.05) is 17.5 Å². The van der Waals surface area contributed by atoms with Crippen LogP contribution in [0.15, 0.2) is 53.4 Å². The lowest BCUT2D eigenvalue weighted by molar-refractivity contribution is -0.118. The third-order valence-corrected chi connectivity index (χ3v) is 6.75. The van der Waals surface area contributed by atoms with E-state index in [1.807, 2.05) is 0 Å². The minimum absolute atomic E-state index is 0.0650. The third kappa shape index (κ3) is 3.75. The molecule has 1 heterocycles. The number of amides is 1. The van der Waals surface area contributed by atoms with Crippen LogP contribution in [0.5, 0.6) is 0 Å². The van der Waals surface area contributed by atoms with Crippen molar-refractivity contribution in [3.8, 4) is 0 Å². The van der Waals surface area contributed by atoms with Gasteiger partial charge in [-0.3, -0.25) is 4.79 Å². The molecule has 2 N–H and O–H groups in total. The number of hydrogen-bond acceptors (Lipinski definition) is 3. The zero-order valence-corrected chi connectivity index (χ0v) is 15.4. The van der Waals surface area contributed by atoms with Crippen molar-refractivity contribution >= 4 is 27.5 Å². The summed E-state index contributed by atoms with van der Waals surface area (Å²) in [5, 5.41) is 0.425. The number of carbonyl (C=O) groups is 1. The average Bonchev–Trinajstić information content (AvgIpc) is 2.99. The maximum Gasteiger partial charge on any atom is 0.243 e. The molecular formula is C18H18ClFN2O3S. The summed E-state index contributed by atoms with van der Waals surface area (Å²) < 4.78 is 41.1. The highest BCUT2D eigenvalue weighted by Gasteiger charge is 2.43. The summed E-state index contributed by atoms with van der Waals surface area (Å²) in [4.78, 5) is 11.5. The number of halogens is 2. The molecule has 0 aliphatic carbocycles. The minimum atomic E-state index is -3.88. The Kier molecular flexibility index (Phi) is 5.32. The van der Waals surface area contributed by atoms with E-state index in [0.717, 1.165) is 0 Å². The molecule has 8 heteroatoms. The molecule has 1 aliphatic heterocycles. The lowest BCUT2D eigenvalue weighted by Gasteiger charge is -2.29. The van der Waals surface area contributed by atoms with E-state index in [4.69, 9.17) is 17.3 Å². The van der Waals surface area contributed by atoms with Crippen LogP contribution in [0.1, 0.15) is 30.9 Å². The highest BCUT2D eigenvalue weighted by molar-refractivity contribution is 7.89. The Labute approximate surface area is 156 Å². The Morgan fingerprint density at radius 2 is 1.73 bits per heavy atom. The molecule has 0 saturated carbocycles. The topological polar surface area (TPSA) is 80.5 Å². The first-order valence-electron chi connectivity index (χ1n) is 8.12. The Bertz CT molecular complexity index is 901. The van der Waals surface area contributed by atoms with Crippen LogP contribution in [-0.4, -0.2) is 24.7 Å². The van der Waals surface area contributed by atoms with Gasteiger partial charge in [0.05, 0.1) is 10.9 Å². The zero-order valence-electron chi connectivity index (χ0n) is 13.8. The van der Waals surface area contributed by atoms with Crippen LogP contribution in [-0.2, 0) is 14.8 Å². The first-order chi connectivity index (χ1) is 12.3. The molecule has 0 aromatic heterocycles. The number of nitrogens with two attached hydrogens (primary N) is 1. The molecule has 1 aliphatic rings. The second kappa shape index (κ2) is 7.34. The van der Waals surface area contributed by atoms with E-state index in [-0.39, 0.29) is 11.3 Å². The van der Waals surface area contributed by atoms with Crippen molar-refractivity contribution in [2.75, 3.05) is 0 Å². The first kappa shape index (κ1) is 18.8. The van der Waals surface area contributed by atoms with E-state index >= 15 is 0 Å². The van der Waals surface area contributed by atoms with Gasteiger partial charge in [-0.25, -0.2) is 12.8 Å². The van der Waals surface area contributed by atoms with Crippen molar-refractivity contribution in [2.45, 2.75) is 36.2 Å². The number of hydrogen-bond donors (Lipinski definition) is 1. The smallest absolute Gasteiger partial charge is 0.243 e. The summed E-state index contributed by atoms with van der Waals surface area (Å²) in [6.07, 6.45) is 0.957. The van der Waals surface area contributed by atoms with Crippen LogP contribution in [0.3, 0.4) is 0 Å². The molecule has 3 rings (SSSR count). The monoisotopic (exact) mass is 396 g/mol. The Hall–Kier alpha value is -1.96. The number of primary amides is 1. The van der Waals surface area contributed by atoms with Gasteiger partial charge in [-0.1, -0.05) is 23.7 Å². The molecule has 1 fully saturated rings. The summed E-state index contributed by atoms with van der Waals surface area (Å²) in [6.45, 7) is 0. The number of carbonyl (C=O) groups excluding carboxylic acids is 1. The fraction of sp³-hybridized carbons (Fsp3) is 0.278. The largest absolute Gasteiger partial charge is 0.370 e. The van der Waals surface area contributed by atoms with E-state index in [2.05, 4.69) is 0 Å². The second-order valence-electron chi connectivity index (χ2n) is 6.26.